The van der Waals surface area contributed by atoms with E-state index in [9.17, 15) is 0 Å². The second-order valence-electron chi connectivity index (χ2n) is 5.33. The van der Waals surface area contributed by atoms with E-state index >= 15 is 0 Å². The molecule has 0 fully saturated rings. The molecule has 0 radical (unpaired) electrons. The first-order valence-electron chi connectivity index (χ1n) is 6.13. The molecule has 4 heteroatoms. The number of hydrogen-bond acceptors (Lipinski definition) is 4. The molecular weight excluding hydrogens is 214 g/mol. The average Bonchev–Trinajstić information content (AvgIpc) is 2.15. The van der Waals surface area contributed by atoms with Crippen molar-refractivity contribution in [3.05, 3.63) is 11.9 Å². The number of anilines is 1. The minimum Gasteiger partial charge on any atom is -0.478 e. The molecule has 0 amide bonds. The minimum atomic E-state index is 0.284. The van der Waals surface area contributed by atoms with Gasteiger partial charge in [0.15, 0.2) is 0 Å². The van der Waals surface area contributed by atoms with E-state index in [1.807, 2.05) is 19.9 Å². The van der Waals surface area contributed by atoms with Crippen LogP contribution in [0.3, 0.4) is 0 Å². The van der Waals surface area contributed by atoms with Crippen molar-refractivity contribution >= 4 is 5.82 Å². The quantitative estimate of drug-likeness (QED) is 0.855. The van der Waals surface area contributed by atoms with E-state index in [1.54, 1.807) is 0 Å². The molecule has 0 bridgehead atoms. The van der Waals surface area contributed by atoms with Gasteiger partial charge in [-0.15, -0.1) is 0 Å². The summed E-state index contributed by atoms with van der Waals surface area (Å²) in [6.45, 7) is 12.0. The molecule has 0 aliphatic heterocycles. The second kappa shape index (κ2) is 5.84. The van der Waals surface area contributed by atoms with Crippen LogP contribution in [0.2, 0.25) is 0 Å². The third-order valence-electron chi connectivity index (χ3n) is 2.27. The molecule has 4 nitrogen and oxygen atoms in total. The lowest BCUT2D eigenvalue weighted by atomic mass is 9.93. The van der Waals surface area contributed by atoms with Crippen LogP contribution in [0.5, 0.6) is 5.88 Å². The lowest BCUT2D eigenvalue weighted by Crippen LogP contribution is -2.12. The van der Waals surface area contributed by atoms with E-state index in [2.05, 4.69) is 36.1 Å². The fraction of sp³-hybridized carbons (Fsp3) is 0.692. The number of rotatable bonds is 5. The average molecular weight is 237 g/mol. The molecule has 1 aromatic rings. The number of ether oxygens (including phenoxy) is 1. The van der Waals surface area contributed by atoms with Crippen LogP contribution in [-0.2, 0) is 0 Å². The summed E-state index contributed by atoms with van der Waals surface area (Å²) in [4.78, 5) is 8.54. The van der Waals surface area contributed by atoms with E-state index in [-0.39, 0.29) is 5.41 Å². The third-order valence-corrected chi connectivity index (χ3v) is 2.27. The van der Waals surface area contributed by atoms with Crippen molar-refractivity contribution in [1.29, 1.82) is 0 Å². The van der Waals surface area contributed by atoms with Crippen molar-refractivity contribution in [2.75, 3.05) is 18.5 Å². The highest BCUT2D eigenvalue weighted by Gasteiger charge is 2.10. The fourth-order valence-corrected chi connectivity index (χ4v) is 1.35. The molecule has 0 aliphatic rings. The zero-order chi connectivity index (χ0) is 12.9. The maximum atomic E-state index is 5.66. The van der Waals surface area contributed by atoms with Crippen molar-refractivity contribution in [2.45, 2.75) is 41.0 Å². The van der Waals surface area contributed by atoms with Crippen molar-refractivity contribution in [3.8, 4) is 5.88 Å². The van der Waals surface area contributed by atoms with Gasteiger partial charge in [0.05, 0.1) is 6.61 Å². The molecule has 1 rings (SSSR count). The molecule has 0 unspecified atom stereocenters. The van der Waals surface area contributed by atoms with Gasteiger partial charge in [-0.2, -0.15) is 4.98 Å². The van der Waals surface area contributed by atoms with E-state index < -0.39 is 0 Å². The van der Waals surface area contributed by atoms with Crippen LogP contribution < -0.4 is 10.1 Å². The van der Waals surface area contributed by atoms with Crippen molar-refractivity contribution in [1.82, 2.24) is 9.97 Å². The van der Waals surface area contributed by atoms with Gasteiger partial charge >= 0.3 is 0 Å². The summed E-state index contributed by atoms with van der Waals surface area (Å²) in [6.07, 6.45) is 1.01. The monoisotopic (exact) mass is 237 g/mol. The van der Waals surface area contributed by atoms with Crippen LogP contribution in [0, 0.1) is 12.3 Å². The Morgan fingerprint density at radius 3 is 2.59 bits per heavy atom. The van der Waals surface area contributed by atoms with E-state index in [0.29, 0.717) is 12.5 Å². The van der Waals surface area contributed by atoms with Gasteiger partial charge in [0.1, 0.15) is 11.6 Å². The van der Waals surface area contributed by atoms with Crippen molar-refractivity contribution in [3.63, 3.8) is 0 Å². The Morgan fingerprint density at radius 1 is 1.29 bits per heavy atom. The molecule has 0 atom stereocenters. The molecule has 96 valence electrons. The van der Waals surface area contributed by atoms with Gasteiger partial charge in [-0.05, 0) is 25.7 Å². The van der Waals surface area contributed by atoms with Crippen LogP contribution in [0.25, 0.3) is 0 Å². The first-order chi connectivity index (χ1) is 7.90. The highest BCUT2D eigenvalue weighted by molar-refractivity contribution is 5.38. The molecule has 0 saturated carbocycles. The molecule has 0 aromatic carbocycles. The first-order valence-corrected chi connectivity index (χ1v) is 6.13. The Hall–Kier alpha value is -1.32. The van der Waals surface area contributed by atoms with Gasteiger partial charge in [0, 0.05) is 12.6 Å². The molecule has 1 heterocycles. The predicted octanol–water partition coefficient (Wildman–Crippen LogP) is 3.03. The van der Waals surface area contributed by atoms with Crippen LogP contribution in [0.1, 0.15) is 39.9 Å². The van der Waals surface area contributed by atoms with E-state index in [1.165, 1.54) is 0 Å². The molecule has 1 aromatic heterocycles. The van der Waals surface area contributed by atoms with Gasteiger partial charge in [-0.1, -0.05) is 20.8 Å². The van der Waals surface area contributed by atoms with E-state index in [0.717, 1.165) is 24.6 Å². The summed E-state index contributed by atoms with van der Waals surface area (Å²) >= 11 is 0. The van der Waals surface area contributed by atoms with Crippen molar-refractivity contribution < 1.29 is 4.74 Å². The number of nitrogens with zero attached hydrogens (tertiary/aromatic N) is 2. The first kappa shape index (κ1) is 13.7. The Kier molecular flexibility index (Phi) is 4.73. The summed E-state index contributed by atoms with van der Waals surface area (Å²) in [5, 5.41) is 3.16. The summed E-state index contributed by atoms with van der Waals surface area (Å²) < 4.78 is 5.66. The third kappa shape index (κ3) is 5.52. The lowest BCUT2D eigenvalue weighted by molar-refractivity contribution is 0.236. The van der Waals surface area contributed by atoms with Crippen LogP contribution in [-0.4, -0.2) is 23.1 Å². The smallest absolute Gasteiger partial charge is 0.218 e. The highest BCUT2D eigenvalue weighted by Crippen LogP contribution is 2.19. The van der Waals surface area contributed by atoms with E-state index in [4.69, 9.17) is 4.74 Å². The van der Waals surface area contributed by atoms with Crippen LogP contribution in [0.4, 0.5) is 5.82 Å². The Balaban J connectivity index is 2.58. The highest BCUT2D eigenvalue weighted by atomic mass is 16.5. The maximum Gasteiger partial charge on any atom is 0.218 e. The van der Waals surface area contributed by atoms with Gasteiger partial charge in [-0.25, -0.2) is 4.98 Å². The normalized spacial score (nSPS) is 11.4. The molecule has 0 aliphatic carbocycles. The molecule has 0 saturated heterocycles. The van der Waals surface area contributed by atoms with Crippen molar-refractivity contribution in [2.24, 2.45) is 5.41 Å². The summed E-state index contributed by atoms with van der Waals surface area (Å²) in [5.41, 5.74) is 0.284. The van der Waals surface area contributed by atoms with Gasteiger partial charge in [0.2, 0.25) is 5.88 Å². The summed E-state index contributed by atoms with van der Waals surface area (Å²) in [7, 11) is 0. The number of hydrogen-bond donors (Lipinski definition) is 1. The number of nitrogens with one attached hydrogen (secondary N) is 1. The zero-order valence-electron chi connectivity index (χ0n) is 11.5. The standard InChI is InChI=1S/C13H23N3O/c1-6-14-11-9-12(16-10(2)15-11)17-8-7-13(3,4)5/h9H,6-8H2,1-5H3,(H,14,15,16). The molecule has 17 heavy (non-hydrogen) atoms. The number of aryl methyl sites for hydroxylation is 1. The maximum absolute atomic E-state index is 5.66. The Bertz CT molecular complexity index is 358. The minimum absolute atomic E-state index is 0.284. The van der Waals surface area contributed by atoms with Crippen LogP contribution in [0.15, 0.2) is 6.07 Å². The molecule has 0 spiro atoms. The SMILES string of the molecule is CCNc1cc(OCCC(C)(C)C)nc(C)n1. The fourth-order valence-electron chi connectivity index (χ4n) is 1.35. The topological polar surface area (TPSA) is 47.0 Å². The molecular formula is C13H23N3O. The van der Waals surface area contributed by atoms with Gasteiger partial charge in [0.25, 0.3) is 0 Å². The lowest BCUT2D eigenvalue weighted by Gasteiger charge is -2.18. The van der Waals surface area contributed by atoms with Crippen LogP contribution >= 0.6 is 0 Å². The largest absolute Gasteiger partial charge is 0.478 e. The number of aromatic nitrogens is 2. The second-order valence-corrected chi connectivity index (χ2v) is 5.33. The summed E-state index contributed by atoms with van der Waals surface area (Å²) in [5.74, 6) is 2.21. The molecule has 1 N–H and O–H groups in total. The predicted molar refractivity (Wildman–Crippen MR) is 70.5 cm³/mol. The zero-order valence-corrected chi connectivity index (χ0v) is 11.5. The Morgan fingerprint density at radius 2 is 2.00 bits per heavy atom. The Labute approximate surface area is 104 Å². The van der Waals surface area contributed by atoms with Gasteiger partial charge < -0.3 is 10.1 Å². The summed E-state index contributed by atoms with van der Waals surface area (Å²) in [6, 6.07) is 1.85. The van der Waals surface area contributed by atoms with Gasteiger partial charge in [-0.3, -0.25) is 0 Å².